The van der Waals surface area contributed by atoms with Gasteiger partial charge in [0, 0.05) is 22.5 Å². The maximum absolute atomic E-state index is 12.9. The van der Waals surface area contributed by atoms with Crippen LogP contribution >= 0.6 is 22.9 Å². The lowest BCUT2D eigenvalue weighted by molar-refractivity contribution is 0.101. The molecule has 34 heavy (non-hydrogen) atoms. The van der Waals surface area contributed by atoms with E-state index in [0.717, 1.165) is 5.56 Å². The summed E-state index contributed by atoms with van der Waals surface area (Å²) >= 11 is 7.54. The van der Waals surface area contributed by atoms with Crippen LogP contribution in [-0.2, 0) is 0 Å². The van der Waals surface area contributed by atoms with Crippen LogP contribution in [0.25, 0.3) is 0 Å². The smallest absolute Gasteiger partial charge is 0.265 e. The summed E-state index contributed by atoms with van der Waals surface area (Å²) in [5.74, 6) is -0.921. The highest BCUT2D eigenvalue weighted by molar-refractivity contribution is 7.12. The lowest BCUT2D eigenvalue weighted by Gasteiger charge is -2.13. The number of rotatable bonds is 6. The second kappa shape index (κ2) is 10.3. The third kappa shape index (κ3) is 5.51. The molecule has 8 heteroatoms. The van der Waals surface area contributed by atoms with Crippen molar-refractivity contribution in [3.63, 3.8) is 0 Å². The topological polar surface area (TPSA) is 87.3 Å². The first-order valence-corrected chi connectivity index (χ1v) is 11.6. The zero-order valence-electron chi connectivity index (χ0n) is 18.1. The molecule has 3 amide bonds. The largest absolute Gasteiger partial charge is 0.322 e. The first-order chi connectivity index (χ1) is 16.4. The molecule has 4 rings (SSSR count). The summed E-state index contributed by atoms with van der Waals surface area (Å²) in [6, 6.07) is 22.3. The minimum Gasteiger partial charge on any atom is -0.322 e. The monoisotopic (exact) mass is 489 g/mol. The molecule has 0 saturated heterocycles. The molecular weight excluding hydrogens is 470 g/mol. The first-order valence-electron chi connectivity index (χ1n) is 10.3. The highest BCUT2D eigenvalue weighted by Gasteiger charge is 2.14. The molecule has 3 N–H and O–H groups in total. The Morgan fingerprint density at radius 1 is 0.706 bits per heavy atom. The molecular formula is C26H20ClN3O3S. The number of amides is 3. The van der Waals surface area contributed by atoms with Gasteiger partial charge in [0.05, 0.1) is 15.6 Å². The van der Waals surface area contributed by atoms with Gasteiger partial charge in [-0.3, -0.25) is 14.4 Å². The van der Waals surface area contributed by atoms with Crippen molar-refractivity contribution in [2.45, 2.75) is 6.92 Å². The maximum atomic E-state index is 12.9. The average molecular weight is 490 g/mol. The molecule has 0 aliphatic heterocycles. The summed E-state index contributed by atoms with van der Waals surface area (Å²) in [5.41, 5.74) is 3.13. The predicted octanol–water partition coefficient (Wildman–Crippen LogP) is 6.47. The van der Waals surface area contributed by atoms with Crippen LogP contribution in [0.4, 0.5) is 17.1 Å². The number of carbonyl (C=O) groups is 3. The standard InChI is InChI=1S/C26H20ClN3O3S/c1-16-9-11-19(28-24(31)17-6-3-2-4-7-17)15-21(16)29-25(32)18-10-12-20(27)22(14-18)30-26(33)23-8-5-13-34-23/h2-15H,1H3,(H,28,31)(H,29,32)(H,30,33). The van der Waals surface area contributed by atoms with E-state index in [1.165, 1.54) is 17.4 Å². The molecule has 0 atom stereocenters. The van der Waals surface area contributed by atoms with Crippen LogP contribution in [0.1, 0.15) is 36.0 Å². The van der Waals surface area contributed by atoms with Crippen LogP contribution in [0.5, 0.6) is 0 Å². The number of benzene rings is 3. The van der Waals surface area contributed by atoms with Crippen molar-refractivity contribution in [2.24, 2.45) is 0 Å². The number of hydrogen-bond acceptors (Lipinski definition) is 4. The zero-order chi connectivity index (χ0) is 24.1. The van der Waals surface area contributed by atoms with E-state index < -0.39 is 0 Å². The Bertz CT molecular complexity index is 1360. The molecule has 1 aromatic heterocycles. The molecule has 1 heterocycles. The molecule has 6 nitrogen and oxygen atoms in total. The SMILES string of the molecule is Cc1ccc(NC(=O)c2ccccc2)cc1NC(=O)c1ccc(Cl)c(NC(=O)c2cccs2)c1. The summed E-state index contributed by atoms with van der Waals surface area (Å²) < 4.78 is 0. The van der Waals surface area contributed by atoms with Crippen LogP contribution in [-0.4, -0.2) is 17.7 Å². The summed E-state index contributed by atoms with van der Waals surface area (Å²) in [6.45, 7) is 1.85. The Kier molecular flexibility index (Phi) is 7.06. The van der Waals surface area contributed by atoms with Gasteiger partial charge in [0.15, 0.2) is 0 Å². The Morgan fingerprint density at radius 3 is 2.18 bits per heavy atom. The van der Waals surface area contributed by atoms with Crippen molar-refractivity contribution in [1.82, 2.24) is 0 Å². The fourth-order valence-corrected chi connectivity index (χ4v) is 3.96. The van der Waals surface area contributed by atoms with E-state index in [4.69, 9.17) is 11.6 Å². The van der Waals surface area contributed by atoms with Gasteiger partial charge in [-0.1, -0.05) is 41.9 Å². The summed E-state index contributed by atoms with van der Waals surface area (Å²) in [6.07, 6.45) is 0. The van der Waals surface area contributed by atoms with Gasteiger partial charge in [-0.05, 0) is 66.4 Å². The summed E-state index contributed by atoms with van der Waals surface area (Å²) in [4.78, 5) is 38.3. The van der Waals surface area contributed by atoms with Crippen molar-refractivity contribution in [2.75, 3.05) is 16.0 Å². The highest BCUT2D eigenvalue weighted by Crippen LogP contribution is 2.26. The Balaban J connectivity index is 1.49. The highest BCUT2D eigenvalue weighted by atomic mass is 35.5. The van der Waals surface area contributed by atoms with E-state index in [2.05, 4.69) is 16.0 Å². The molecule has 0 spiro atoms. The molecule has 0 radical (unpaired) electrons. The average Bonchev–Trinajstić information content (AvgIpc) is 3.38. The van der Waals surface area contributed by atoms with Gasteiger partial charge in [0.1, 0.15) is 0 Å². The van der Waals surface area contributed by atoms with Crippen LogP contribution in [0.3, 0.4) is 0 Å². The Hall–Kier alpha value is -3.94. The lowest BCUT2D eigenvalue weighted by Crippen LogP contribution is -2.16. The fraction of sp³-hybridized carbons (Fsp3) is 0.0385. The lowest BCUT2D eigenvalue weighted by atomic mass is 10.1. The van der Waals surface area contributed by atoms with E-state index in [-0.39, 0.29) is 17.7 Å². The number of anilines is 3. The maximum Gasteiger partial charge on any atom is 0.265 e. The van der Waals surface area contributed by atoms with Crippen LogP contribution in [0, 0.1) is 6.92 Å². The third-order valence-corrected chi connectivity index (χ3v) is 6.20. The summed E-state index contributed by atoms with van der Waals surface area (Å²) in [7, 11) is 0. The van der Waals surface area contributed by atoms with Crippen LogP contribution in [0.15, 0.2) is 84.2 Å². The van der Waals surface area contributed by atoms with Crippen molar-refractivity contribution in [3.8, 4) is 0 Å². The molecule has 0 aliphatic carbocycles. The molecule has 170 valence electrons. The second-order valence-electron chi connectivity index (χ2n) is 7.43. The van der Waals surface area contributed by atoms with E-state index in [9.17, 15) is 14.4 Å². The number of hydrogen-bond donors (Lipinski definition) is 3. The van der Waals surface area contributed by atoms with Gasteiger partial charge >= 0.3 is 0 Å². The number of nitrogens with one attached hydrogen (secondary N) is 3. The van der Waals surface area contributed by atoms with Gasteiger partial charge < -0.3 is 16.0 Å². The van der Waals surface area contributed by atoms with Gasteiger partial charge in [-0.2, -0.15) is 0 Å². The third-order valence-electron chi connectivity index (χ3n) is 5.00. The fourth-order valence-electron chi connectivity index (χ4n) is 3.18. The van der Waals surface area contributed by atoms with E-state index in [1.807, 2.05) is 19.1 Å². The normalized spacial score (nSPS) is 10.4. The minimum atomic E-state index is -0.377. The van der Waals surface area contributed by atoms with Crippen molar-refractivity contribution < 1.29 is 14.4 Å². The van der Waals surface area contributed by atoms with Gasteiger partial charge in [0.2, 0.25) is 0 Å². The quantitative estimate of drug-likeness (QED) is 0.290. The second-order valence-corrected chi connectivity index (χ2v) is 8.78. The van der Waals surface area contributed by atoms with Crippen LogP contribution in [0.2, 0.25) is 5.02 Å². The van der Waals surface area contributed by atoms with Crippen molar-refractivity contribution in [3.05, 3.63) is 111 Å². The van der Waals surface area contributed by atoms with E-state index in [1.54, 1.807) is 66.0 Å². The van der Waals surface area contributed by atoms with E-state index >= 15 is 0 Å². The number of carbonyl (C=O) groups excluding carboxylic acids is 3. The van der Waals surface area contributed by atoms with Gasteiger partial charge in [-0.25, -0.2) is 0 Å². The molecule has 0 aliphatic rings. The molecule has 0 bridgehead atoms. The predicted molar refractivity (Wildman–Crippen MR) is 137 cm³/mol. The van der Waals surface area contributed by atoms with E-state index in [0.29, 0.717) is 38.1 Å². The Labute approximate surface area is 205 Å². The number of halogens is 1. The van der Waals surface area contributed by atoms with Gasteiger partial charge in [-0.15, -0.1) is 11.3 Å². The zero-order valence-corrected chi connectivity index (χ0v) is 19.7. The van der Waals surface area contributed by atoms with Crippen molar-refractivity contribution >= 4 is 57.7 Å². The molecule has 3 aromatic carbocycles. The van der Waals surface area contributed by atoms with Crippen LogP contribution < -0.4 is 16.0 Å². The molecule has 0 fully saturated rings. The molecule has 0 unspecified atom stereocenters. The minimum absolute atomic E-state index is 0.245. The van der Waals surface area contributed by atoms with Gasteiger partial charge in [0.25, 0.3) is 17.7 Å². The Morgan fingerprint density at radius 2 is 1.44 bits per heavy atom. The molecule has 4 aromatic rings. The molecule has 0 saturated carbocycles. The number of thiophene rings is 1. The van der Waals surface area contributed by atoms with Crippen molar-refractivity contribution in [1.29, 1.82) is 0 Å². The summed E-state index contributed by atoms with van der Waals surface area (Å²) in [5, 5.41) is 10.6. The first kappa shape index (κ1) is 23.2. The number of aryl methyl sites for hydroxylation is 1.